The summed E-state index contributed by atoms with van der Waals surface area (Å²) in [6.07, 6.45) is 0. The van der Waals surface area contributed by atoms with Crippen LogP contribution >= 0.6 is 11.6 Å². The molecule has 1 aromatic heterocycles. The smallest absolute Gasteiger partial charge is 0.150 e. The van der Waals surface area contributed by atoms with E-state index in [0.29, 0.717) is 16.5 Å². The summed E-state index contributed by atoms with van der Waals surface area (Å²) in [6.45, 7) is 3.46. The SMILES string of the molecule is Cc1nc(C)c(CO)nc1Cl. The van der Waals surface area contributed by atoms with Gasteiger partial charge in [-0.3, -0.25) is 4.98 Å². The monoisotopic (exact) mass is 172 g/mol. The first kappa shape index (κ1) is 8.43. The summed E-state index contributed by atoms with van der Waals surface area (Å²) in [5.74, 6) is 0. The number of hydrogen-bond acceptors (Lipinski definition) is 3. The Bertz CT molecular complexity index is 275. The van der Waals surface area contributed by atoms with Crippen molar-refractivity contribution in [3.8, 4) is 0 Å². The Kier molecular flexibility index (Phi) is 2.42. The summed E-state index contributed by atoms with van der Waals surface area (Å²) < 4.78 is 0. The van der Waals surface area contributed by atoms with Crippen molar-refractivity contribution in [2.75, 3.05) is 0 Å². The molecule has 11 heavy (non-hydrogen) atoms. The predicted octanol–water partition coefficient (Wildman–Crippen LogP) is 1.24. The highest BCUT2D eigenvalue weighted by atomic mass is 35.5. The zero-order valence-electron chi connectivity index (χ0n) is 6.43. The number of halogens is 1. The largest absolute Gasteiger partial charge is 0.390 e. The van der Waals surface area contributed by atoms with Crippen molar-refractivity contribution in [1.29, 1.82) is 0 Å². The van der Waals surface area contributed by atoms with Gasteiger partial charge in [-0.05, 0) is 13.8 Å². The van der Waals surface area contributed by atoms with Crippen LogP contribution in [0.4, 0.5) is 0 Å². The topological polar surface area (TPSA) is 46.0 Å². The maximum Gasteiger partial charge on any atom is 0.150 e. The summed E-state index contributed by atoms with van der Waals surface area (Å²) in [7, 11) is 0. The fraction of sp³-hybridized carbons (Fsp3) is 0.429. The molecule has 0 spiro atoms. The van der Waals surface area contributed by atoms with E-state index < -0.39 is 0 Å². The first-order valence-corrected chi connectivity index (χ1v) is 3.63. The van der Waals surface area contributed by atoms with Crippen LogP contribution in [0.3, 0.4) is 0 Å². The van der Waals surface area contributed by atoms with E-state index in [1.807, 2.05) is 0 Å². The van der Waals surface area contributed by atoms with Crippen molar-refractivity contribution in [3.63, 3.8) is 0 Å². The molecule has 4 heteroatoms. The zero-order valence-corrected chi connectivity index (χ0v) is 7.18. The molecule has 0 fully saturated rings. The van der Waals surface area contributed by atoms with E-state index in [2.05, 4.69) is 9.97 Å². The Morgan fingerprint density at radius 3 is 2.45 bits per heavy atom. The molecule has 1 rings (SSSR count). The van der Waals surface area contributed by atoms with E-state index >= 15 is 0 Å². The molecule has 3 nitrogen and oxygen atoms in total. The van der Waals surface area contributed by atoms with Gasteiger partial charge in [0.2, 0.25) is 0 Å². The minimum atomic E-state index is -0.112. The second-order valence-electron chi connectivity index (χ2n) is 2.29. The van der Waals surface area contributed by atoms with Gasteiger partial charge in [-0.25, -0.2) is 4.98 Å². The summed E-state index contributed by atoms with van der Waals surface area (Å²) in [6, 6.07) is 0. The second-order valence-corrected chi connectivity index (χ2v) is 2.65. The maximum absolute atomic E-state index is 8.77. The number of aromatic nitrogens is 2. The van der Waals surface area contributed by atoms with E-state index in [4.69, 9.17) is 16.7 Å². The lowest BCUT2D eigenvalue weighted by molar-refractivity contribution is 0.275. The fourth-order valence-corrected chi connectivity index (χ4v) is 0.937. The van der Waals surface area contributed by atoms with Crippen LogP contribution in [-0.2, 0) is 6.61 Å². The zero-order chi connectivity index (χ0) is 8.43. The van der Waals surface area contributed by atoms with Crippen LogP contribution < -0.4 is 0 Å². The van der Waals surface area contributed by atoms with Gasteiger partial charge in [0, 0.05) is 0 Å². The van der Waals surface area contributed by atoms with E-state index in [0.717, 1.165) is 5.69 Å². The van der Waals surface area contributed by atoms with Crippen molar-refractivity contribution in [1.82, 2.24) is 9.97 Å². The minimum absolute atomic E-state index is 0.112. The third-order valence-corrected chi connectivity index (χ3v) is 1.79. The van der Waals surface area contributed by atoms with Gasteiger partial charge in [-0.1, -0.05) is 11.6 Å². The van der Waals surface area contributed by atoms with Crippen molar-refractivity contribution >= 4 is 11.6 Å². The van der Waals surface area contributed by atoms with Gasteiger partial charge in [-0.2, -0.15) is 0 Å². The third kappa shape index (κ3) is 1.67. The lowest BCUT2D eigenvalue weighted by Crippen LogP contribution is -1.99. The molecule has 1 N–H and O–H groups in total. The molecular formula is C7H9ClN2O. The molecule has 0 amide bonds. The maximum atomic E-state index is 8.77. The molecule has 0 unspecified atom stereocenters. The molecule has 0 saturated heterocycles. The standard InChI is InChI=1S/C7H9ClN2O/c1-4-6(3-11)10-7(8)5(2)9-4/h11H,3H2,1-2H3. The van der Waals surface area contributed by atoms with Crippen LogP contribution in [0.25, 0.3) is 0 Å². The number of nitrogens with zero attached hydrogens (tertiary/aromatic N) is 2. The Labute approximate surface area is 70.1 Å². The minimum Gasteiger partial charge on any atom is -0.390 e. The van der Waals surface area contributed by atoms with Crippen molar-refractivity contribution < 1.29 is 5.11 Å². The van der Waals surface area contributed by atoms with Gasteiger partial charge in [-0.15, -0.1) is 0 Å². The van der Waals surface area contributed by atoms with E-state index in [1.165, 1.54) is 0 Å². The van der Waals surface area contributed by atoms with Gasteiger partial charge >= 0.3 is 0 Å². The average molecular weight is 173 g/mol. The van der Waals surface area contributed by atoms with Gasteiger partial charge in [0.15, 0.2) is 5.15 Å². The predicted molar refractivity (Wildman–Crippen MR) is 42.4 cm³/mol. The van der Waals surface area contributed by atoms with E-state index in [-0.39, 0.29) is 6.61 Å². The Morgan fingerprint density at radius 2 is 1.91 bits per heavy atom. The Balaban J connectivity index is 3.21. The summed E-state index contributed by atoms with van der Waals surface area (Å²) in [5, 5.41) is 9.13. The highest BCUT2D eigenvalue weighted by Crippen LogP contribution is 2.12. The summed E-state index contributed by atoms with van der Waals surface area (Å²) in [4.78, 5) is 8.03. The fourth-order valence-electron chi connectivity index (χ4n) is 0.792. The van der Waals surface area contributed by atoms with E-state index in [9.17, 15) is 0 Å². The lowest BCUT2D eigenvalue weighted by Gasteiger charge is -2.02. The number of hydrogen-bond donors (Lipinski definition) is 1. The molecule has 1 aromatic rings. The molecule has 60 valence electrons. The van der Waals surface area contributed by atoms with Crippen LogP contribution in [-0.4, -0.2) is 15.1 Å². The first-order chi connectivity index (χ1) is 5.15. The summed E-state index contributed by atoms with van der Waals surface area (Å²) >= 11 is 5.68. The van der Waals surface area contributed by atoms with Crippen molar-refractivity contribution in [3.05, 3.63) is 22.2 Å². The van der Waals surface area contributed by atoms with Gasteiger partial charge in [0.1, 0.15) is 0 Å². The first-order valence-electron chi connectivity index (χ1n) is 3.25. The second kappa shape index (κ2) is 3.15. The molecule has 0 aliphatic carbocycles. The third-order valence-electron chi connectivity index (χ3n) is 1.43. The molecule has 0 aliphatic heterocycles. The van der Waals surface area contributed by atoms with Crippen LogP contribution in [0.2, 0.25) is 5.15 Å². The highest BCUT2D eigenvalue weighted by molar-refractivity contribution is 6.29. The Morgan fingerprint density at radius 1 is 1.27 bits per heavy atom. The quantitative estimate of drug-likeness (QED) is 0.694. The highest BCUT2D eigenvalue weighted by Gasteiger charge is 2.04. The number of aryl methyl sites for hydroxylation is 2. The van der Waals surface area contributed by atoms with E-state index in [1.54, 1.807) is 13.8 Å². The van der Waals surface area contributed by atoms with Crippen LogP contribution in [0, 0.1) is 13.8 Å². The van der Waals surface area contributed by atoms with Crippen molar-refractivity contribution in [2.45, 2.75) is 20.5 Å². The molecule has 0 atom stereocenters. The molecule has 0 bridgehead atoms. The molecule has 0 aliphatic rings. The lowest BCUT2D eigenvalue weighted by atomic mass is 10.3. The summed E-state index contributed by atoms with van der Waals surface area (Å²) in [5.41, 5.74) is 1.97. The normalized spacial score (nSPS) is 10.2. The van der Waals surface area contributed by atoms with Gasteiger partial charge < -0.3 is 5.11 Å². The average Bonchev–Trinajstić information content (AvgIpc) is 1.97. The van der Waals surface area contributed by atoms with Crippen LogP contribution in [0.5, 0.6) is 0 Å². The van der Waals surface area contributed by atoms with Gasteiger partial charge in [0.25, 0.3) is 0 Å². The molecular weight excluding hydrogens is 164 g/mol. The Hall–Kier alpha value is -0.670. The molecule has 0 saturated carbocycles. The molecule has 1 heterocycles. The van der Waals surface area contributed by atoms with Crippen LogP contribution in [0.15, 0.2) is 0 Å². The number of aliphatic hydroxyl groups is 1. The van der Waals surface area contributed by atoms with Gasteiger partial charge in [0.05, 0.1) is 23.7 Å². The molecule has 0 radical (unpaired) electrons. The molecule has 0 aromatic carbocycles. The van der Waals surface area contributed by atoms with Crippen molar-refractivity contribution in [2.24, 2.45) is 0 Å². The number of rotatable bonds is 1. The number of aliphatic hydroxyl groups excluding tert-OH is 1. The van der Waals surface area contributed by atoms with Crippen LogP contribution in [0.1, 0.15) is 17.1 Å².